The Morgan fingerprint density at radius 3 is 2.65 bits per heavy atom. The number of ether oxygens (including phenoxy) is 1. The number of benzene rings is 1. The van der Waals surface area contributed by atoms with Crippen LogP contribution < -0.4 is 11.1 Å². The Bertz CT molecular complexity index is 420. The van der Waals surface area contributed by atoms with Crippen molar-refractivity contribution in [2.45, 2.75) is 6.04 Å². The fraction of sp³-hybridized carbons (Fsp3) is 0.273. The second kappa shape index (κ2) is 5.86. The first kappa shape index (κ1) is 13.0. The van der Waals surface area contributed by atoms with Crippen molar-refractivity contribution in [3.05, 3.63) is 29.8 Å². The Morgan fingerprint density at radius 1 is 1.47 bits per heavy atom. The van der Waals surface area contributed by atoms with Gasteiger partial charge in [0.15, 0.2) is 6.04 Å². The molecule has 0 radical (unpaired) electrons. The van der Waals surface area contributed by atoms with Crippen molar-refractivity contribution in [1.29, 1.82) is 0 Å². The Morgan fingerprint density at radius 2 is 2.12 bits per heavy atom. The first-order chi connectivity index (χ1) is 8.06. The topological polar surface area (TPSA) is 102 Å². The number of carbonyl (C=O) groups is 2. The Balaban J connectivity index is 2.77. The molecule has 0 fully saturated rings. The van der Waals surface area contributed by atoms with Crippen LogP contribution in [0.15, 0.2) is 24.3 Å². The number of hydrogen-bond donors (Lipinski definition) is 3. The zero-order valence-electron chi connectivity index (χ0n) is 9.34. The summed E-state index contributed by atoms with van der Waals surface area (Å²) in [4.78, 5) is 22.6. The zero-order chi connectivity index (χ0) is 12.8. The number of carboxylic acids is 1. The standard InChI is InChI=1S/C11H14N2O4/c1-17-6-9(11(15)16)13-10(14)7-4-2-3-5-8(7)12/h2-5,9H,6,12H2,1H3,(H,13,14)(H,15,16). The number of hydrogen-bond acceptors (Lipinski definition) is 4. The summed E-state index contributed by atoms with van der Waals surface area (Å²) in [6.07, 6.45) is 0. The molecular weight excluding hydrogens is 224 g/mol. The van der Waals surface area contributed by atoms with Gasteiger partial charge in [-0.15, -0.1) is 0 Å². The second-order valence-electron chi connectivity index (χ2n) is 3.41. The molecule has 6 heteroatoms. The number of para-hydroxylation sites is 1. The number of nitrogen functional groups attached to an aromatic ring is 1. The quantitative estimate of drug-likeness (QED) is 0.631. The van der Waals surface area contributed by atoms with E-state index in [1.54, 1.807) is 18.2 Å². The summed E-state index contributed by atoms with van der Waals surface area (Å²) >= 11 is 0. The van der Waals surface area contributed by atoms with Crippen LogP contribution in [0, 0.1) is 0 Å². The van der Waals surface area contributed by atoms with E-state index in [1.807, 2.05) is 0 Å². The highest BCUT2D eigenvalue weighted by Gasteiger charge is 2.21. The molecule has 92 valence electrons. The van der Waals surface area contributed by atoms with E-state index in [-0.39, 0.29) is 12.2 Å². The first-order valence-corrected chi connectivity index (χ1v) is 4.93. The van der Waals surface area contributed by atoms with Crippen molar-refractivity contribution in [3.63, 3.8) is 0 Å². The number of carbonyl (C=O) groups excluding carboxylic acids is 1. The third-order valence-electron chi connectivity index (χ3n) is 2.14. The van der Waals surface area contributed by atoms with Crippen molar-refractivity contribution >= 4 is 17.6 Å². The monoisotopic (exact) mass is 238 g/mol. The first-order valence-electron chi connectivity index (χ1n) is 4.93. The lowest BCUT2D eigenvalue weighted by molar-refractivity contribution is -0.140. The molecule has 1 aromatic carbocycles. The van der Waals surface area contributed by atoms with Crippen molar-refractivity contribution in [1.82, 2.24) is 5.32 Å². The lowest BCUT2D eigenvalue weighted by atomic mass is 10.1. The summed E-state index contributed by atoms with van der Waals surface area (Å²) in [5.74, 6) is -1.69. The molecule has 0 aromatic heterocycles. The van der Waals surface area contributed by atoms with Gasteiger partial charge in [0.25, 0.3) is 5.91 Å². The lowest BCUT2D eigenvalue weighted by Gasteiger charge is -2.14. The summed E-state index contributed by atoms with van der Waals surface area (Å²) in [6.45, 7) is -0.103. The van der Waals surface area contributed by atoms with Gasteiger partial charge in [0, 0.05) is 12.8 Å². The summed E-state index contributed by atoms with van der Waals surface area (Å²) in [5, 5.41) is 11.2. The van der Waals surface area contributed by atoms with Gasteiger partial charge in [-0.25, -0.2) is 4.79 Å². The maximum atomic E-state index is 11.7. The van der Waals surface area contributed by atoms with E-state index in [2.05, 4.69) is 5.32 Å². The molecule has 0 spiro atoms. The highest BCUT2D eigenvalue weighted by molar-refractivity contribution is 6.00. The molecule has 17 heavy (non-hydrogen) atoms. The molecule has 0 heterocycles. The fourth-order valence-electron chi connectivity index (χ4n) is 1.28. The van der Waals surface area contributed by atoms with Gasteiger partial charge in [-0.1, -0.05) is 12.1 Å². The van der Waals surface area contributed by atoms with E-state index < -0.39 is 17.9 Å². The number of amides is 1. The van der Waals surface area contributed by atoms with Crippen LogP contribution in [0.4, 0.5) is 5.69 Å². The predicted molar refractivity (Wildman–Crippen MR) is 61.6 cm³/mol. The average molecular weight is 238 g/mol. The van der Waals surface area contributed by atoms with E-state index in [4.69, 9.17) is 15.6 Å². The lowest BCUT2D eigenvalue weighted by Crippen LogP contribution is -2.44. The van der Waals surface area contributed by atoms with Crippen LogP contribution >= 0.6 is 0 Å². The van der Waals surface area contributed by atoms with Crippen molar-refractivity contribution in [2.24, 2.45) is 0 Å². The third-order valence-corrected chi connectivity index (χ3v) is 2.14. The SMILES string of the molecule is COCC(NC(=O)c1ccccc1N)C(=O)O. The summed E-state index contributed by atoms with van der Waals surface area (Å²) in [5.41, 5.74) is 6.15. The number of carboxylic acid groups (broad SMARTS) is 1. The molecule has 0 bridgehead atoms. The highest BCUT2D eigenvalue weighted by atomic mass is 16.5. The van der Waals surface area contributed by atoms with Gasteiger partial charge < -0.3 is 20.9 Å². The van der Waals surface area contributed by atoms with Crippen LogP contribution in [-0.2, 0) is 9.53 Å². The molecule has 1 aromatic rings. The molecule has 0 saturated carbocycles. The van der Waals surface area contributed by atoms with E-state index in [0.717, 1.165) is 0 Å². The Hall–Kier alpha value is -2.08. The molecule has 0 aliphatic carbocycles. The maximum absolute atomic E-state index is 11.7. The minimum Gasteiger partial charge on any atom is -0.480 e. The van der Waals surface area contributed by atoms with Gasteiger partial charge in [0.2, 0.25) is 0 Å². The number of aliphatic carboxylic acids is 1. The van der Waals surface area contributed by atoms with Gasteiger partial charge in [-0.2, -0.15) is 0 Å². The minimum atomic E-state index is -1.16. The van der Waals surface area contributed by atoms with Crippen LogP contribution in [0.5, 0.6) is 0 Å². The molecular formula is C11H14N2O4. The average Bonchev–Trinajstić information content (AvgIpc) is 2.28. The van der Waals surface area contributed by atoms with E-state index in [1.165, 1.54) is 13.2 Å². The number of methoxy groups -OCH3 is 1. The molecule has 1 unspecified atom stereocenters. The fourth-order valence-corrected chi connectivity index (χ4v) is 1.28. The van der Waals surface area contributed by atoms with Gasteiger partial charge in [-0.3, -0.25) is 4.79 Å². The molecule has 1 amide bonds. The highest BCUT2D eigenvalue weighted by Crippen LogP contribution is 2.10. The van der Waals surface area contributed by atoms with Crippen molar-refractivity contribution in [2.75, 3.05) is 19.5 Å². The van der Waals surface area contributed by atoms with Crippen molar-refractivity contribution < 1.29 is 19.4 Å². The van der Waals surface area contributed by atoms with E-state index in [0.29, 0.717) is 5.69 Å². The molecule has 6 nitrogen and oxygen atoms in total. The van der Waals surface area contributed by atoms with Crippen LogP contribution in [0.1, 0.15) is 10.4 Å². The normalized spacial score (nSPS) is 11.8. The number of anilines is 1. The van der Waals surface area contributed by atoms with Gasteiger partial charge in [-0.05, 0) is 12.1 Å². The largest absolute Gasteiger partial charge is 0.480 e. The Kier molecular flexibility index (Phi) is 4.47. The third kappa shape index (κ3) is 3.46. The van der Waals surface area contributed by atoms with E-state index >= 15 is 0 Å². The Labute approximate surface area is 98.4 Å². The molecule has 1 atom stereocenters. The number of rotatable bonds is 5. The molecule has 0 aliphatic rings. The summed E-state index contributed by atoms with van der Waals surface area (Å²) < 4.78 is 4.71. The van der Waals surface area contributed by atoms with Crippen LogP contribution in [0.25, 0.3) is 0 Å². The van der Waals surface area contributed by atoms with Crippen LogP contribution in [0.2, 0.25) is 0 Å². The zero-order valence-corrected chi connectivity index (χ0v) is 9.34. The number of nitrogens with two attached hydrogens (primary N) is 1. The molecule has 1 rings (SSSR count). The smallest absolute Gasteiger partial charge is 0.328 e. The van der Waals surface area contributed by atoms with E-state index in [9.17, 15) is 9.59 Å². The van der Waals surface area contributed by atoms with Crippen molar-refractivity contribution in [3.8, 4) is 0 Å². The van der Waals surface area contributed by atoms with Gasteiger partial charge in [0.1, 0.15) is 0 Å². The second-order valence-corrected chi connectivity index (χ2v) is 3.41. The molecule has 0 saturated heterocycles. The summed E-state index contributed by atoms with van der Waals surface area (Å²) in [6, 6.07) is 5.34. The summed E-state index contributed by atoms with van der Waals surface area (Å²) in [7, 11) is 1.36. The molecule has 0 aliphatic heterocycles. The van der Waals surface area contributed by atoms with Gasteiger partial charge in [0.05, 0.1) is 12.2 Å². The number of nitrogens with one attached hydrogen (secondary N) is 1. The maximum Gasteiger partial charge on any atom is 0.328 e. The van der Waals surface area contributed by atoms with Crippen LogP contribution in [0.3, 0.4) is 0 Å². The molecule has 4 N–H and O–H groups in total. The minimum absolute atomic E-state index is 0.103. The van der Waals surface area contributed by atoms with Gasteiger partial charge >= 0.3 is 5.97 Å². The van der Waals surface area contributed by atoms with Crippen LogP contribution in [-0.4, -0.2) is 36.7 Å². The predicted octanol–water partition coefficient (Wildman–Crippen LogP) is 0.0982.